The van der Waals surface area contributed by atoms with Crippen molar-refractivity contribution in [1.29, 1.82) is 0 Å². The molecule has 8 heteroatoms. The summed E-state index contributed by atoms with van der Waals surface area (Å²) < 4.78 is 10.6. The summed E-state index contributed by atoms with van der Waals surface area (Å²) in [4.78, 5) is 30.7. The molecule has 1 heterocycles. The number of anilines is 2. The zero-order valence-electron chi connectivity index (χ0n) is 18.3. The largest absolute Gasteiger partial charge is 0.497 e. The van der Waals surface area contributed by atoms with Gasteiger partial charge in [-0.1, -0.05) is 18.2 Å². The van der Waals surface area contributed by atoms with Crippen molar-refractivity contribution in [2.75, 3.05) is 70.8 Å². The SMILES string of the molecule is COc1cccc(NC(=O)CN(C)C(=O)CN2CCN(c3ccccc3OC)CC2)c1. The van der Waals surface area contributed by atoms with Crippen LogP contribution in [-0.4, -0.2) is 82.1 Å². The molecule has 0 unspecified atom stereocenters. The molecule has 3 rings (SSSR count). The minimum absolute atomic E-state index is 0.00276. The Morgan fingerprint density at radius 2 is 1.74 bits per heavy atom. The first-order valence-corrected chi connectivity index (χ1v) is 10.3. The van der Waals surface area contributed by atoms with Crippen LogP contribution in [0.15, 0.2) is 48.5 Å². The summed E-state index contributed by atoms with van der Waals surface area (Å²) in [5, 5.41) is 2.80. The summed E-state index contributed by atoms with van der Waals surface area (Å²) in [7, 11) is 4.90. The lowest BCUT2D eigenvalue weighted by Gasteiger charge is -2.36. The van der Waals surface area contributed by atoms with Crippen LogP contribution in [0.4, 0.5) is 11.4 Å². The van der Waals surface area contributed by atoms with Crippen molar-refractivity contribution in [2.45, 2.75) is 0 Å². The van der Waals surface area contributed by atoms with Crippen LogP contribution in [0.5, 0.6) is 11.5 Å². The Morgan fingerprint density at radius 3 is 2.45 bits per heavy atom. The topological polar surface area (TPSA) is 74.4 Å². The maximum atomic E-state index is 12.6. The van der Waals surface area contributed by atoms with E-state index in [1.165, 1.54) is 4.90 Å². The molecule has 31 heavy (non-hydrogen) atoms. The van der Waals surface area contributed by atoms with Gasteiger partial charge in [-0.2, -0.15) is 0 Å². The van der Waals surface area contributed by atoms with Crippen molar-refractivity contribution in [3.63, 3.8) is 0 Å². The van der Waals surface area contributed by atoms with Crippen molar-refractivity contribution >= 4 is 23.2 Å². The van der Waals surface area contributed by atoms with E-state index in [0.29, 0.717) is 18.0 Å². The van der Waals surface area contributed by atoms with Crippen LogP contribution in [0.2, 0.25) is 0 Å². The Kier molecular flexibility index (Phi) is 7.72. The summed E-state index contributed by atoms with van der Waals surface area (Å²) in [6, 6.07) is 15.1. The van der Waals surface area contributed by atoms with Crippen LogP contribution in [-0.2, 0) is 9.59 Å². The van der Waals surface area contributed by atoms with Crippen LogP contribution >= 0.6 is 0 Å². The third kappa shape index (κ3) is 6.11. The Morgan fingerprint density at radius 1 is 1.00 bits per heavy atom. The first-order valence-electron chi connectivity index (χ1n) is 10.3. The number of amides is 2. The number of nitrogens with one attached hydrogen (secondary N) is 1. The number of rotatable bonds is 8. The van der Waals surface area contributed by atoms with Gasteiger partial charge >= 0.3 is 0 Å². The summed E-state index contributed by atoms with van der Waals surface area (Å²) in [6.45, 7) is 3.46. The molecule has 0 aromatic heterocycles. The van der Waals surface area contributed by atoms with E-state index in [-0.39, 0.29) is 18.4 Å². The summed E-state index contributed by atoms with van der Waals surface area (Å²) in [5.74, 6) is 1.19. The number of hydrogen-bond donors (Lipinski definition) is 1. The summed E-state index contributed by atoms with van der Waals surface area (Å²) >= 11 is 0. The average molecular weight is 427 g/mol. The number of likely N-dealkylation sites (N-methyl/N-ethyl adjacent to an activating group) is 1. The molecule has 1 aliphatic rings. The molecule has 2 amide bonds. The number of hydrogen-bond acceptors (Lipinski definition) is 6. The molecular weight excluding hydrogens is 396 g/mol. The molecule has 0 aliphatic carbocycles. The minimum Gasteiger partial charge on any atom is -0.497 e. The van der Waals surface area contributed by atoms with E-state index in [2.05, 4.69) is 15.1 Å². The molecular formula is C23H30N4O4. The van der Waals surface area contributed by atoms with Crippen molar-refractivity contribution in [3.05, 3.63) is 48.5 Å². The standard InChI is InChI=1S/C23H30N4O4/c1-25(16-22(28)24-18-7-6-8-19(15-18)30-2)23(29)17-26-11-13-27(14-12-26)20-9-4-5-10-21(20)31-3/h4-10,15H,11-14,16-17H2,1-3H3,(H,24,28). The van der Waals surface area contributed by atoms with Crippen molar-refractivity contribution in [1.82, 2.24) is 9.80 Å². The monoisotopic (exact) mass is 426 g/mol. The molecule has 0 atom stereocenters. The van der Waals surface area contributed by atoms with E-state index in [9.17, 15) is 9.59 Å². The Balaban J connectivity index is 1.45. The predicted molar refractivity (Wildman–Crippen MR) is 121 cm³/mol. The van der Waals surface area contributed by atoms with Gasteiger partial charge in [0.2, 0.25) is 11.8 Å². The van der Waals surface area contributed by atoms with E-state index >= 15 is 0 Å². The number of para-hydroxylation sites is 2. The summed E-state index contributed by atoms with van der Waals surface area (Å²) in [5.41, 5.74) is 1.71. The zero-order valence-corrected chi connectivity index (χ0v) is 18.3. The second kappa shape index (κ2) is 10.7. The average Bonchev–Trinajstić information content (AvgIpc) is 2.79. The second-order valence-corrected chi connectivity index (χ2v) is 7.46. The predicted octanol–water partition coefficient (Wildman–Crippen LogP) is 1.92. The molecule has 1 N–H and O–H groups in total. The zero-order chi connectivity index (χ0) is 22.2. The van der Waals surface area contributed by atoms with Crippen molar-refractivity contribution in [3.8, 4) is 11.5 Å². The number of benzene rings is 2. The fraction of sp³-hybridized carbons (Fsp3) is 0.391. The highest BCUT2D eigenvalue weighted by atomic mass is 16.5. The smallest absolute Gasteiger partial charge is 0.243 e. The molecule has 1 saturated heterocycles. The van der Waals surface area contributed by atoms with Crippen LogP contribution in [0.3, 0.4) is 0 Å². The highest BCUT2D eigenvalue weighted by Crippen LogP contribution is 2.28. The Labute approximate surface area is 183 Å². The molecule has 2 aromatic carbocycles. The lowest BCUT2D eigenvalue weighted by atomic mass is 10.2. The third-order valence-electron chi connectivity index (χ3n) is 5.32. The normalized spacial score (nSPS) is 14.1. The number of ether oxygens (including phenoxy) is 2. The molecule has 1 aliphatic heterocycles. The maximum Gasteiger partial charge on any atom is 0.243 e. The maximum absolute atomic E-state index is 12.6. The molecule has 166 valence electrons. The van der Waals surface area contributed by atoms with E-state index in [1.54, 1.807) is 45.5 Å². The van der Waals surface area contributed by atoms with Gasteiger partial charge in [0.1, 0.15) is 11.5 Å². The lowest BCUT2D eigenvalue weighted by Crippen LogP contribution is -2.50. The molecule has 1 fully saturated rings. The highest BCUT2D eigenvalue weighted by Gasteiger charge is 2.23. The Bertz CT molecular complexity index is 897. The van der Waals surface area contributed by atoms with Crippen LogP contribution in [0.1, 0.15) is 0 Å². The fourth-order valence-electron chi connectivity index (χ4n) is 3.55. The minimum atomic E-state index is -0.245. The van der Waals surface area contributed by atoms with E-state index in [1.807, 2.05) is 24.3 Å². The molecule has 0 bridgehead atoms. The summed E-state index contributed by atoms with van der Waals surface area (Å²) in [6.07, 6.45) is 0. The van der Waals surface area contributed by atoms with Gasteiger partial charge in [0.25, 0.3) is 0 Å². The van der Waals surface area contributed by atoms with Gasteiger partial charge in [0, 0.05) is 45.0 Å². The number of methoxy groups -OCH3 is 2. The quantitative estimate of drug-likeness (QED) is 0.695. The third-order valence-corrected chi connectivity index (χ3v) is 5.32. The first-order chi connectivity index (χ1) is 15.0. The van der Waals surface area contributed by atoms with Gasteiger partial charge < -0.3 is 24.6 Å². The molecule has 0 saturated carbocycles. The van der Waals surface area contributed by atoms with E-state index in [4.69, 9.17) is 9.47 Å². The van der Waals surface area contributed by atoms with Gasteiger partial charge in [0.15, 0.2) is 0 Å². The lowest BCUT2D eigenvalue weighted by molar-refractivity contribution is -0.134. The van der Waals surface area contributed by atoms with Crippen LogP contribution in [0, 0.1) is 0 Å². The number of piperazine rings is 1. The van der Waals surface area contributed by atoms with Gasteiger partial charge in [-0.15, -0.1) is 0 Å². The molecule has 8 nitrogen and oxygen atoms in total. The highest BCUT2D eigenvalue weighted by molar-refractivity contribution is 5.94. The molecule has 2 aromatic rings. The van der Waals surface area contributed by atoms with Gasteiger partial charge in [0.05, 0.1) is 33.0 Å². The van der Waals surface area contributed by atoms with E-state index in [0.717, 1.165) is 37.6 Å². The first kappa shape index (κ1) is 22.4. The van der Waals surface area contributed by atoms with Gasteiger partial charge in [-0.25, -0.2) is 0 Å². The fourth-order valence-corrected chi connectivity index (χ4v) is 3.55. The second-order valence-electron chi connectivity index (χ2n) is 7.46. The number of nitrogens with zero attached hydrogens (tertiary/aromatic N) is 3. The van der Waals surface area contributed by atoms with Crippen LogP contribution in [0.25, 0.3) is 0 Å². The van der Waals surface area contributed by atoms with E-state index < -0.39 is 0 Å². The van der Waals surface area contributed by atoms with Gasteiger partial charge in [-0.3, -0.25) is 14.5 Å². The van der Waals surface area contributed by atoms with Gasteiger partial charge in [-0.05, 0) is 24.3 Å². The number of carbonyl (C=O) groups excluding carboxylic acids is 2. The number of carbonyl (C=O) groups is 2. The Hall–Kier alpha value is -3.26. The molecule has 0 spiro atoms. The van der Waals surface area contributed by atoms with Crippen LogP contribution < -0.4 is 19.7 Å². The van der Waals surface area contributed by atoms with Crippen molar-refractivity contribution in [2.24, 2.45) is 0 Å². The van der Waals surface area contributed by atoms with Crippen molar-refractivity contribution < 1.29 is 19.1 Å². The molecule has 0 radical (unpaired) electrons.